The van der Waals surface area contributed by atoms with Crippen LogP contribution < -0.4 is 14.8 Å². The van der Waals surface area contributed by atoms with Crippen LogP contribution in [0, 0.1) is 11.3 Å². The van der Waals surface area contributed by atoms with Crippen LogP contribution >= 0.6 is 0 Å². The topological polar surface area (TPSA) is 80.6 Å². The second-order valence-electron chi connectivity index (χ2n) is 5.18. The average molecular weight is 328 g/mol. The third kappa shape index (κ3) is 4.61. The first kappa shape index (κ1) is 17.6. The Morgan fingerprint density at radius 3 is 3.00 bits per heavy atom. The molecule has 1 aliphatic rings. The highest BCUT2D eigenvalue weighted by atomic mass is 16.5. The molecule has 0 bridgehead atoms. The standard InChI is InChI=1S/C18H20N2O4/c1-22-7-3-6-20-18(21)15(11-19)9-13-8-14-4-5-16(23-2)10-17(14)24-12-13/h4-5,8-10H,3,6-7,12H2,1-2H3,(H,20,21)/b15-9+. The minimum atomic E-state index is -0.393. The van der Waals surface area contributed by atoms with Crippen LogP contribution in [0.15, 0.2) is 35.4 Å². The van der Waals surface area contributed by atoms with Crippen molar-refractivity contribution >= 4 is 12.0 Å². The molecule has 126 valence electrons. The Morgan fingerprint density at radius 2 is 2.29 bits per heavy atom. The van der Waals surface area contributed by atoms with E-state index < -0.39 is 5.91 Å². The molecule has 1 amide bonds. The molecule has 0 aromatic heterocycles. The van der Waals surface area contributed by atoms with Gasteiger partial charge in [-0.25, -0.2) is 0 Å². The van der Waals surface area contributed by atoms with Crippen molar-refractivity contribution in [3.8, 4) is 17.6 Å². The summed E-state index contributed by atoms with van der Waals surface area (Å²) in [6.07, 6.45) is 4.15. The van der Waals surface area contributed by atoms with Crippen LogP contribution in [-0.2, 0) is 9.53 Å². The molecule has 0 unspecified atom stereocenters. The Bertz CT molecular complexity index is 701. The van der Waals surface area contributed by atoms with Gasteiger partial charge in [0.25, 0.3) is 5.91 Å². The Balaban J connectivity index is 2.09. The van der Waals surface area contributed by atoms with E-state index in [-0.39, 0.29) is 5.57 Å². The molecule has 1 aromatic rings. The predicted molar refractivity (Wildman–Crippen MR) is 89.7 cm³/mol. The van der Waals surface area contributed by atoms with Gasteiger partial charge in [-0.15, -0.1) is 0 Å². The summed E-state index contributed by atoms with van der Waals surface area (Å²) < 4.78 is 15.7. The van der Waals surface area contributed by atoms with Gasteiger partial charge in [0, 0.05) is 31.9 Å². The number of hydrogen-bond donors (Lipinski definition) is 1. The zero-order valence-electron chi connectivity index (χ0n) is 13.8. The molecule has 0 saturated heterocycles. The van der Waals surface area contributed by atoms with E-state index in [9.17, 15) is 10.1 Å². The molecule has 0 saturated carbocycles. The number of fused-ring (bicyclic) bond motifs is 1. The first-order valence-corrected chi connectivity index (χ1v) is 7.58. The predicted octanol–water partition coefficient (Wildman–Crippen LogP) is 2.07. The fourth-order valence-corrected chi connectivity index (χ4v) is 2.22. The van der Waals surface area contributed by atoms with E-state index in [1.807, 2.05) is 24.3 Å². The van der Waals surface area contributed by atoms with Gasteiger partial charge in [0.1, 0.15) is 29.7 Å². The highest BCUT2D eigenvalue weighted by Crippen LogP contribution is 2.30. The Hall–Kier alpha value is -2.78. The molecule has 0 aliphatic carbocycles. The number of ether oxygens (including phenoxy) is 3. The number of methoxy groups -OCH3 is 2. The minimum absolute atomic E-state index is 0.0548. The van der Waals surface area contributed by atoms with Crippen molar-refractivity contribution in [1.29, 1.82) is 5.26 Å². The monoisotopic (exact) mass is 328 g/mol. The number of nitriles is 1. The van der Waals surface area contributed by atoms with Crippen LogP contribution in [0.1, 0.15) is 12.0 Å². The summed E-state index contributed by atoms with van der Waals surface area (Å²) in [5, 5.41) is 11.9. The van der Waals surface area contributed by atoms with Crippen LogP contribution in [0.3, 0.4) is 0 Å². The average Bonchev–Trinajstić information content (AvgIpc) is 2.62. The van der Waals surface area contributed by atoms with Gasteiger partial charge in [0.2, 0.25) is 0 Å². The van der Waals surface area contributed by atoms with Gasteiger partial charge in [-0.3, -0.25) is 4.79 Å². The molecule has 0 atom stereocenters. The number of nitrogens with zero attached hydrogens (tertiary/aromatic N) is 1. The van der Waals surface area contributed by atoms with Gasteiger partial charge < -0.3 is 19.5 Å². The molecule has 1 aromatic carbocycles. The number of nitrogens with one attached hydrogen (secondary N) is 1. The van der Waals surface area contributed by atoms with Crippen molar-refractivity contribution in [2.24, 2.45) is 0 Å². The number of carbonyl (C=O) groups excluding carboxylic acids is 1. The summed E-state index contributed by atoms with van der Waals surface area (Å²) >= 11 is 0. The maximum atomic E-state index is 12.0. The quantitative estimate of drug-likeness (QED) is 0.471. The summed E-state index contributed by atoms with van der Waals surface area (Å²) in [5.74, 6) is 1.04. The first-order valence-electron chi connectivity index (χ1n) is 7.58. The number of benzene rings is 1. The van der Waals surface area contributed by atoms with Crippen molar-refractivity contribution in [3.63, 3.8) is 0 Å². The third-order valence-corrected chi connectivity index (χ3v) is 3.46. The lowest BCUT2D eigenvalue weighted by Crippen LogP contribution is -2.26. The Morgan fingerprint density at radius 1 is 1.46 bits per heavy atom. The van der Waals surface area contributed by atoms with Crippen LogP contribution in [0.25, 0.3) is 6.08 Å². The molecule has 0 spiro atoms. The van der Waals surface area contributed by atoms with E-state index in [4.69, 9.17) is 14.2 Å². The van der Waals surface area contributed by atoms with Gasteiger partial charge in [-0.05, 0) is 36.3 Å². The molecular weight excluding hydrogens is 308 g/mol. The summed E-state index contributed by atoms with van der Waals surface area (Å²) in [4.78, 5) is 12.0. The van der Waals surface area contributed by atoms with Crippen LogP contribution in [0.5, 0.6) is 11.5 Å². The lowest BCUT2D eigenvalue weighted by atomic mass is 10.0. The van der Waals surface area contributed by atoms with Gasteiger partial charge >= 0.3 is 0 Å². The SMILES string of the molecule is COCCCNC(=O)/C(C#N)=C/C1=Cc2ccc(OC)cc2OC1. The summed E-state index contributed by atoms with van der Waals surface area (Å²) in [7, 11) is 3.20. The van der Waals surface area contributed by atoms with Gasteiger partial charge in [-0.1, -0.05) is 0 Å². The molecular formula is C18H20N2O4. The largest absolute Gasteiger partial charge is 0.497 e. The maximum absolute atomic E-state index is 12.0. The number of amides is 1. The molecule has 1 heterocycles. The molecule has 1 N–H and O–H groups in total. The first-order chi connectivity index (χ1) is 11.7. The van der Waals surface area contributed by atoms with Gasteiger partial charge in [0.15, 0.2) is 0 Å². The zero-order chi connectivity index (χ0) is 17.4. The van der Waals surface area contributed by atoms with Crippen molar-refractivity contribution in [1.82, 2.24) is 5.32 Å². The summed E-state index contributed by atoms with van der Waals surface area (Å²) in [6.45, 7) is 1.32. The van der Waals surface area contributed by atoms with Crippen LogP contribution in [0.2, 0.25) is 0 Å². The van der Waals surface area contributed by atoms with Crippen LogP contribution in [-0.4, -0.2) is 39.9 Å². The van der Waals surface area contributed by atoms with Crippen molar-refractivity contribution < 1.29 is 19.0 Å². The third-order valence-electron chi connectivity index (χ3n) is 3.46. The Labute approximate surface area is 141 Å². The normalized spacial score (nSPS) is 13.2. The fourth-order valence-electron chi connectivity index (χ4n) is 2.22. The molecule has 0 fully saturated rings. The molecule has 1 aliphatic heterocycles. The lowest BCUT2D eigenvalue weighted by Gasteiger charge is -2.17. The van der Waals surface area contributed by atoms with Crippen LogP contribution in [0.4, 0.5) is 0 Å². The minimum Gasteiger partial charge on any atom is -0.497 e. The van der Waals surface area contributed by atoms with Crippen molar-refractivity contribution in [3.05, 3.63) is 41.0 Å². The highest BCUT2D eigenvalue weighted by Gasteiger charge is 2.14. The molecule has 6 heteroatoms. The molecule has 24 heavy (non-hydrogen) atoms. The van der Waals surface area contributed by atoms with Crippen molar-refractivity contribution in [2.45, 2.75) is 6.42 Å². The number of hydrogen-bond acceptors (Lipinski definition) is 5. The van der Waals surface area contributed by atoms with Gasteiger partial charge in [-0.2, -0.15) is 5.26 Å². The van der Waals surface area contributed by atoms with E-state index in [1.54, 1.807) is 26.4 Å². The smallest absolute Gasteiger partial charge is 0.261 e. The van der Waals surface area contributed by atoms with E-state index in [1.165, 1.54) is 0 Å². The second kappa shape index (κ2) is 8.75. The lowest BCUT2D eigenvalue weighted by molar-refractivity contribution is -0.117. The molecule has 0 radical (unpaired) electrons. The second-order valence-corrected chi connectivity index (χ2v) is 5.18. The fraction of sp³-hybridized carbons (Fsp3) is 0.333. The van der Waals surface area contributed by atoms with E-state index in [2.05, 4.69) is 5.32 Å². The van der Waals surface area contributed by atoms with Gasteiger partial charge in [0.05, 0.1) is 7.11 Å². The van der Waals surface area contributed by atoms with E-state index >= 15 is 0 Å². The highest BCUT2D eigenvalue weighted by molar-refractivity contribution is 5.98. The van der Waals surface area contributed by atoms with E-state index in [0.29, 0.717) is 37.7 Å². The zero-order valence-corrected chi connectivity index (χ0v) is 13.8. The molecule has 2 rings (SSSR count). The molecule has 6 nitrogen and oxygen atoms in total. The Kier molecular flexibility index (Phi) is 6.41. The number of carbonyl (C=O) groups is 1. The summed E-state index contributed by atoms with van der Waals surface area (Å²) in [5.41, 5.74) is 1.70. The maximum Gasteiger partial charge on any atom is 0.261 e. The number of rotatable bonds is 7. The van der Waals surface area contributed by atoms with E-state index in [0.717, 1.165) is 11.1 Å². The summed E-state index contributed by atoms with van der Waals surface area (Å²) in [6, 6.07) is 7.44. The van der Waals surface area contributed by atoms with Crippen molar-refractivity contribution in [2.75, 3.05) is 34.0 Å².